The van der Waals surface area contributed by atoms with Gasteiger partial charge < -0.3 is 19.6 Å². The Hall–Kier alpha value is -2.20. The van der Waals surface area contributed by atoms with Crippen molar-refractivity contribution in [3.05, 3.63) is 47.9 Å². The molecule has 2 rings (SSSR count). The Labute approximate surface area is 106 Å². The molecule has 0 aliphatic rings. The van der Waals surface area contributed by atoms with E-state index in [1.165, 1.54) is 0 Å². The second-order valence-corrected chi connectivity index (χ2v) is 3.70. The van der Waals surface area contributed by atoms with E-state index in [4.69, 9.17) is 19.6 Å². The molecule has 18 heavy (non-hydrogen) atoms. The summed E-state index contributed by atoms with van der Waals surface area (Å²) in [5.41, 5.74) is 7.29. The molecule has 0 saturated carbocycles. The molecular formula is C14H15NO3. The monoisotopic (exact) mass is 245 g/mol. The van der Waals surface area contributed by atoms with Gasteiger partial charge in [0, 0.05) is 24.4 Å². The van der Waals surface area contributed by atoms with E-state index < -0.39 is 0 Å². The molecule has 1 aromatic carbocycles. The van der Waals surface area contributed by atoms with E-state index in [9.17, 15) is 0 Å². The van der Waals surface area contributed by atoms with Crippen LogP contribution in [-0.4, -0.2) is 13.9 Å². The number of furan rings is 1. The van der Waals surface area contributed by atoms with Gasteiger partial charge in [-0.3, -0.25) is 0 Å². The van der Waals surface area contributed by atoms with Gasteiger partial charge in [0.05, 0.1) is 6.26 Å². The van der Waals surface area contributed by atoms with E-state index in [1.807, 2.05) is 36.4 Å². The quantitative estimate of drug-likeness (QED) is 0.649. The zero-order valence-electron chi connectivity index (χ0n) is 10.1. The number of nitrogen functional groups attached to an aromatic ring is 1. The predicted octanol–water partition coefficient (Wildman–Crippen LogP) is 3.01. The van der Waals surface area contributed by atoms with Crippen LogP contribution in [0.2, 0.25) is 0 Å². The first-order valence-electron chi connectivity index (χ1n) is 5.52. The number of methoxy groups -OCH3 is 1. The highest BCUT2D eigenvalue weighted by Gasteiger charge is 2.02. The maximum absolute atomic E-state index is 5.73. The van der Waals surface area contributed by atoms with E-state index >= 15 is 0 Å². The van der Waals surface area contributed by atoms with Crippen LogP contribution in [0.5, 0.6) is 5.75 Å². The molecule has 0 aliphatic heterocycles. The van der Waals surface area contributed by atoms with Crippen LogP contribution in [0.1, 0.15) is 11.3 Å². The SMILES string of the molecule is COCOc1cc(N)ccc1/C=C/c1ccco1. The Balaban J connectivity index is 2.20. The fourth-order valence-electron chi connectivity index (χ4n) is 1.49. The normalized spacial score (nSPS) is 10.9. The van der Waals surface area contributed by atoms with Gasteiger partial charge in [-0.1, -0.05) is 0 Å². The van der Waals surface area contributed by atoms with Crippen molar-refractivity contribution in [2.24, 2.45) is 0 Å². The smallest absolute Gasteiger partial charge is 0.188 e. The Kier molecular flexibility index (Phi) is 4.04. The molecule has 4 nitrogen and oxygen atoms in total. The molecule has 0 saturated heterocycles. The molecule has 2 N–H and O–H groups in total. The second-order valence-electron chi connectivity index (χ2n) is 3.70. The predicted molar refractivity (Wildman–Crippen MR) is 71.0 cm³/mol. The molecule has 94 valence electrons. The minimum atomic E-state index is 0.186. The third kappa shape index (κ3) is 3.15. The molecule has 0 fully saturated rings. The number of rotatable bonds is 5. The molecule has 1 aromatic heterocycles. The lowest BCUT2D eigenvalue weighted by Gasteiger charge is -2.08. The fraction of sp³-hybridized carbons (Fsp3) is 0.143. The minimum Gasteiger partial charge on any atom is -0.467 e. The number of ether oxygens (including phenoxy) is 2. The number of benzene rings is 1. The molecule has 0 radical (unpaired) electrons. The zero-order valence-corrected chi connectivity index (χ0v) is 10.1. The van der Waals surface area contributed by atoms with E-state index in [2.05, 4.69) is 0 Å². The fourth-order valence-corrected chi connectivity index (χ4v) is 1.49. The van der Waals surface area contributed by atoms with Crippen LogP contribution in [0.25, 0.3) is 12.2 Å². The average molecular weight is 245 g/mol. The molecular weight excluding hydrogens is 230 g/mol. The van der Waals surface area contributed by atoms with Gasteiger partial charge in [-0.2, -0.15) is 0 Å². The van der Waals surface area contributed by atoms with Crippen LogP contribution in [0, 0.1) is 0 Å². The molecule has 1 heterocycles. The molecule has 0 aliphatic carbocycles. The van der Waals surface area contributed by atoms with Gasteiger partial charge >= 0.3 is 0 Å². The van der Waals surface area contributed by atoms with Gasteiger partial charge in [0.15, 0.2) is 6.79 Å². The van der Waals surface area contributed by atoms with Gasteiger partial charge in [0.2, 0.25) is 0 Å². The molecule has 0 spiro atoms. The van der Waals surface area contributed by atoms with Crippen molar-refractivity contribution < 1.29 is 13.9 Å². The second kappa shape index (κ2) is 5.93. The van der Waals surface area contributed by atoms with Crippen molar-refractivity contribution in [2.75, 3.05) is 19.6 Å². The van der Waals surface area contributed by atoms with E-state index in [0.717, 1.165) is 11.3 Å². The summed E-state index contributed by atoms with van der Waals surface area (Å²) in [6.07, 6.45) is 5.40. The average Bonchev–Trinajstić information content (AvgIpc) is 2.88. The zero-order chi connectivity index (χ0) is 12.8. The van der Waals surface area contributed by atoms with Gasteiger partial charge in [0.25, 0.3) is 0 Å². The highest BCUT2D eigenvalue weighted by Crippen LogP contribution is 2.24. The van der Waals surface area contributed by atoms with Crippen molar-refractivity contribution in [1.82, 2.24) is 0 Å². The number of anilines is 1. The van der Waals surface area contributed by atoms with E-state index in [-0.39, 0.29) is 6.79 Å². The molecule has 0 bridgehead atoms. The summed E-state index contributed by atoms with van der Waals surface area (Å²) in [6.45, 7) is 0.186. The van der Waals surface area contributed by atoms with Crippen molar-refractivity contribution >= 4 is 17.8 Å². The van der Waals surface area contributed by atoms with Crippen LogP contribution in [0.15, 0.2) is 41.0 Å². The summed E-state index contributed by atoms with van der Waals surface area (Å²) < 4.78 is 15.6. The first kappa shape index (κ1) is 12.3. The summed E-state index contributed by atoms with van der Waals surface area (Å²) in [6, 6.07) is 9.19. The van der Waals surface area contributed by atoms with Crippen molar-refractivity contribution in [2.45, 2.75) is 0 Å². The number of hydrogen-bond donors (Lipinski definition) is 1. The molecule has 0 amide bonds. The van der Waals surface area contributed by atoms with E-state index in [0.29, 0.717) is 11.4 Å². The number of nitrogens with two attached hydrogens (primary N) is 1. The summed E-state index contributed by atoms with van der Waals surface area (Å²) in [7, 11) is 1.57. The standard InChI is InChI=1S/C14H15NO3/c1-16-10-18-14-9-12(15)6-4-11(14)5-7-13-3-2-8-17-13/h2-9H,10,15H2,1H3/b7-5+. The highest BCUT2D eigenvalue weighted by molar-refractivity contribution is 5.72. The van der Waals surface area contributed by atoms with Crippen molar-refractivity contribution in [3.63, 3.8) is 0 Å². The maximum Gasteiger partial charge on any atom is 0.188 e. The summed E-state index contributed by atoms with van der Waals surface area (Å²) in [5, 5.41) is 0. The summed E-state index contributed by atoms with van der Waals surface area (Å²) in [5.74, 6) is 1.46. The van der Waals surface area contributed by atoms with Crippen LogP contribution in [0.4, 0.5) is 5.69 Å². The third-order valence-corrected chi connectivity index (χ3v) is 2.34. The van der Waals surface area contributed by atoms with Gasteiger partial charge in [0.1, 0.15) is 11.5 Å². The van der Waals surface area contributed by atoms with Gasteiger partial charge in [-0.25, -0.2) is 0 Å². The Morgan fingerprint density at radius 3 is 2.89 bits per heavy atom. The Morgan fingerprint density at radius 2 is 2.17 bits per heavy atom. The van der Waals surface area contributed by atoms with Gasteiger partial charge in [-0.05, 0) is 36.4 Å². The third-order valence-electron chi connectivity index (χ3n) is 2.34. The summed E-state index contributed by atoms with van der Waals surface area (Å²) in [4.78, 5) is 0. The van der Waals surface area contributed by atoms with Crippen LogP contribution < -0.4 is 10.5 Å². The lowest BCUT2D eigenvalue weighted by Crippen LogP contribution is -2.01. The van der Waals surface area contributed by atoms with Crippen LogP contribution in [-0.2, 0) is 4.74 Å². The molecule has 4 heteroatoms. The number of hydrogen-bond acceptors (Lipinski definition) is 4. The first-order valence-corrected chi connectivity index (χ1v) is 5.52. The minimum absolute atomic E-state index is 0.186. The molecule has 0 unspecified atom stereocenters. The molecule has 0 atom stereocenters. The maximum atomic E-state index is 5.73. The topological polar surface area (TPSA) is 57.6 Å². The first-order chi connectivity index (χ1) is 8.79. The van der Waals surface area contributed by atoms with E-state index in [1.54, 1.807) is 19.4 Å². The van der Waals surface area contributed by atoms with Gasteiger partial charge in [-0.15, -0.1) is 0 Å². The van der Waals surface area contributed by atoms with Crippen molar-refractivity contribution in [1.29, 1.82) is 0 Å². The lowest BCUT2D eigenvalue weighted by atomic mass is 10.1. The largest absolute Gasteiger partial charge is 0.467 e. The molecule has 2 aromatic rings. The Morgan fingerprint density at radius 1 is 1.28 bits per heavy atom. The highest BCUT2D eigenvalue weighted by atomic mass is 16.7. The summed E-state index contributed by atoms with van der Waals surface area (Å²) >= 11 is 0. The lowest BCUT2D eigenvalue weighted by molar-refractivity contribution is 0.0510. The van der Waals surface area contributed by atoms with Crippen molar-refractivity contribution in [3.8, 4) is 5.75 Å². The van der Waals surface area contributed by atoms with Crippen LogP contribution in [0.3, 0.4) is 0 Å². The van der Waals surface area contributed by atoms with Crippen LogP contribution >= 0.6 is 0 Å². The Bertz CT molecular complexity index is 518.